The third kappa shape index (κ3) is 5.73. The number of nitrogens with one attached hydrogen (secondary N) is 1. The number of rotatable bonds is 9. The van der Waals surface area contributed by atoms with E-state index in [0.29, 0.717) is 18.5 Å². The van der Waals surface area contributed by atoms with Crippen LogP contribution in [0.2, 0.25) is 0 Å². The van der Waals surface area contributed by atoms with Crippen LogP contribution in [0, 0.1) is 6.92 Å². The molecule has 0 aliphatic rings. The molecule has 29 heavy (non-hydrogen) atoms. The standard InChI is InChI=1S/C22H30N2O4S/c1-6-20(17-11-13-19(28-4)14-12-17)23-22(25)21(7-2)24(29(5,26)27)18-10-8-9-16(3)15-18/h8-15,20-21H,6-7H2,1-5H3,(H,23,25)/t20-,21-/m1/s1. The molecule has 2 aromatic rings. The summed E-state index contributed by atoms with van der Waals surface area (Å²) in [7, 11) is -2.05. The fourth-order valence-corrected chi connectivity index (χ4v) is 4.55. The zero-order chi connectivity index (χ0) is 21.6. The highest BCUT2D eigenvalue weighted by atomic mass is 32.2. The predicted molar refractivity (Wildman–Crippen MR) is 117 cm³/mol. The quantitative estimate of drug-likeness (QED) is 0.672. The van der Waals surface area contributed by atoms with Crippen molar-refractivity contribution in [2.75, 3.05) is 17.7 Å². The van der Waals surface area contributed by atoms with Gasteiger partial charge in [-0.2, -0.15) is 0 Å². The Hall–Kier alpha value is -2.54. The molecule has 0 aliphatic carbocycles. The van der Waals surface area contributed by atoms with Crippen LogP contribution in [0.4, 0.5) is 5.69 Å². The Morgan fingerprint density at radius 3 is 2.24 bits per heavy atom. The van der Waals surface area contributed by atoms with Crippen LogP contribution >= 0.6 is 0 Å². The van der Waals surface area contributed by atoms with Crippen molar-refractivity contribution in [3.05, 3.63) is 59.7 Å². The number of amides is 1. The lowest BCUT2D eigenvalue weighted by molar-refractivity contribution is -0.123. The van der Waals surface area contributed by atoms with E-state index in [1.165, 1.54) is 4.31 Å². The highest BCUT2D eigenvalue weighted by Crippen LogP contribution is 2.25. The lowest BCUT2D eigenvalue weighted by atomic mass is 10.0. The summed E-state index contributed by atoms with van der Waals surface area (Å²) in [5.74, 6) is 0.422. The molecule has 0 aliphatic heterocycles. The van der Waals surface area contributed by atoms with Crippen molar-refractivity contribution < 1.29 is 17.9 Å². The fourth-order valence-electron chi connectivity index (χ4n) is 3.35. The normalized spacial score (nSPS) is 13.4. The lowest BCUT2D eigenvalue weighted by Gasteiger charge is -2.31. The predicted octanol–water partition coefficient (Wildman–Crippen LogP) is 3.82. The number of ether oxygens (including phenoxy) is 1. The van der Waals surface area contributed by atoms with Crippen LogP contribution in [0.1, 0.15) is 43.9 Å². The van der Waals surface area contributed by atoms with E-state index in [2.05, 4.69) is 5.32 Å². The number of anilines is 1. The number of benzene rings is 2. The van der Waals surface area contributed by atoms with Gasteiger partial charge in [-0.3, -0.25) is 9.10 Å². The first kappa shape index (κ1) is 22.7. The largest absolute Gasteiger partial charge is 0.497 e. The topological polar surface area (TPSA) is 75.7 Å². The molecule has 0 bridgehead atoms. The van der Waals surface area contributed by atoms with Crippen molar-refractivity contribution in [1.82, 2.24) is 5.32 Å². The molecule has 7 heteroatoms. The van der Waals surface area contributed by atoms with Crippen LogP contribution < -0.4 is 14.4 Å². The Bertz CT molecular complexity index is 926. The van der Waals surface area contributed by atoms with Gasteiger partial charge < -0.3 is 10.1 Å². The molecular weight excluding hydrogens is 388 g/mol. The van der Waals surface area contributed by atoms with Gasteiger partial charge in [0.15, 0.2) is 0 Å². The first-order valence-electron chi connectivity index (χ1n) is 9.71. The maximum absolute atomic E-state index is 13.1. The van der Waals surface area contributed by atoms with Crippen molar-refractivity contribution in [1.29, 1.82) is 0 Å². The SMILES string of the molecule is CC[C@H](C(=O)N[C@H](CC)c1ccc(OC)cc1)N(c1cccc(C)c1)S(C)(=O)=O. The molecule has 1 amide bonds. The van der Waals surface area contributed by atoms with Gasteiger partial charge in [0.25, 0.3) is 0 Å². The van der Waals surface area contributed by atoms with Gasteiger partial charge in [-0.1, -0.05) is 38.1 Å². The van der Waals surface area contributed by atoms with E-state index in [1.54, 1.807) is 25.3 Å². The lowest BCUT2D eigenvalue weighted by Crippen LogP contribution is -2.50. The second kappa shape index (κ2) is 9.78. The van der Waals surface area contributed by atoms with E-state index >= 15 is 0 Å². The van der Waals surface area contributed by atoms with Crippen molar-refractivity contribution in [2.24, 2.45) is 0 Å². The molecule has 158 valence electrons. The first-order valence-corrected chi connectivity index (χ1v) is 11.6. The van der Waals surface area contributed by atoms with Gasteiger partial charge in [-0.25, -0.2) is 8.42 Å². The molecular formula is C22H30N2O4S. The molecule has 2 rings (SSSR count). The summed E-state index contributed by atoms with van der Waals surface area (Å²) in [5, 5.41) is 3.02. The van der Waals surface area contributed by atoms with E-state index < -0.39 is 16.1 Å². The van der Waals surface area contributed by atoms with Gasteiger partial charge >= 0.3 is 0 Å². The van der Waals surface area contributed by atoms with E-state index in [0.717, 1.165) is 23.1 Å². The minimum absolute atomic E-state index is 0.221. The third-order valence-corrected chi connectivity index (χ3v) is 6.01. The molecule has 0 aromatic heterocycles. The van der Waals surface area contributed by atoms with E-state index in [1.807, 2.05) is 51.1 Å². The van der Waals surface area contributed by atoms with Gasteiger partial charge in [-0.15, -0.1) is 0 Å². The van der Waals surface area contributed by atoms with Crippen LogP contribution in [0.5, 0.6) is 5.75 Å². The van der Waals surface area contributed by atoms with Gasteiger partial charge in [0.1, 0.15) is 11.8 Å². The number of carbonyl (C=O) groups is 1. The molecule has 2 aromatic carbocycles. The van der Waals surface area contributed by atoms with Crippen LogP contribution in [0.3, 0.4) is 0 Å². The molecule has 6 nitrogen and oxygen atoms in total. The van der Waals surface area contributed by atoms with E-state index in [9.17, 15) is 13.2 Å². The number of methoxy groups -OCH3 is 1. The van der Waals surface area contributed by atoms with Crippen LogP contribution in [-0.4, -0.2) is 33.7 Å². The van der Waals surface area contributed by atoms with Crippen LogP contribution in [-0.2, 0) is 14.8 Å². The molecule has 1 N–H and O–H groups in total. The van der Waals surface area contributed by atoms with Crippen molar-refractivity contribution in [2.45, 2.75) is 45.7 Å². The van der Waals surface area contributed by atoms with Gasteiger partial charge in [0, 0.05) is 0 Å². The number of hydrogen-bond donors (Lipinski definition) is 1. The minimum Gasteiger partial charge on any atom is -0.497 e. The molecule has 0 heterocycles. The number of nitrogens with zero attached hydrogens (tertiary/aromatic N) is 1. The average molecular weight is 419 g/mol. The minimum atomic E-state index is -3.65. The maximum Gasteiger partial charge on any atom is 0.244 e. The Kier molecular flexibility index (Phi) is 7.67. The second-order valence-corrected chi connectivity index (χ2v) is 8.92. The first-order chi connectivity index (χ1) is 13.7. The van der Waals surface area contributed by atoms with Crippen LogP contribution in [0.25, 0.3) is 0 Å². The molecule has 0 unspecified atom stereocenters. The van der Waals surface area contributed by atoms with Gasteiger partial charge in [0.2, 0.25) is 15.9 Å². The molecule has 0 spiro atoms. The zero-order valence-electron chi connectivity index (χ0n) is 17.7. The second-order valence-electron chi connectivity index (χ2n) is 7.06. The zero-order valence-corrected chi connectivity index (χ0v) is 18.5. The Morgan fingerprint density at radius 2 is 1.76 bits per heavy atom. The summed E-state index contributed by atoms with van der Waals surface area (Å²) in [6, 6.07) is 13.6. The van der Waals surface area contributed by atoms with E-state index in [4.69, 9.17) is 4.74 Å². The summed E-state index contributed by atoms with van der Waals surface area (Å²) in [4.78, 5) is 13.1. The Balaban J connectivity index is 2.32. The smallest absolute Gasteiger partial charge is 0.244 e. The summed E-state index contributed by atoms with van der Waals surface area (Å²) in [6.07, 6.45) is 2.16. The number of carbonyl (C=O) groups excluding carboxylic acids is 1. The number of hydrogen-bond acceptors (Lipinski definition) is 4. The molecule has 0 saturated heterocycles. The van der Waals surface area contributed by atoms with Gasteiger partial charge in [0.05, 0.1) is 25.1 Å². The summed E-state index contributed by atoms with van der Waals surface area (Å²) >= 11 is 0. The fraction of sp³-hybridized carbons (Fsp3) is 0.409. The maximum atomic E-state index is 13.1. The highest BCUT2D eigenvalue weighted by Gasteiger charge is 2.32. The Labute approximate surface area is 173 Å². The number of sulfonamides is 1. The Morgan fingerprint density at radius 1 is 1.10 bits per heavy atom. The van der Waals surface area contributed by atoms with E-state index in [-0.39, 0.29) is 11.9 Å². The van der Waals surface area contributed by atoms with Crippen molar-refractivity contribution in [3.63, 3.8) is 0 Å². The molecule has 0 fully saturated rings. The van der Waals surface area contributed by atoms with Crippen molar-refractivity contribution in [3.8, 4) is 5.75 Å². The summed E-state index contributed by atoms with van der Waals surface area (Å²) in [6.45, 7) is 5.68. The molecule has 0 saturated carbocycles. The monoisotopic (exact) mass is 418 g/mol. The summed E-state index contributed by atoms with van der Waals surface area (Å²) < 4.78 is 31.6. The third-order valence-electron chi connectivity index (χ3n) is 4.83. The van der Waals surface area contributed by atoms with Crippen LogP contribution in [0.15, 0.2) is 48.5 Å². The average Bonchev–Trinajstić information content (AvgIpc) is 2.69. The van der Waals surface area contributed by atoms with Crippen molar-refractivity contribution >= 4 is 21.6 Å². The summed E-state index contributed by atoms with van der Waals surface area (Å²) in [5.41, 5.74) is 2.36. The number of aryl methyl sites for hydroxylation is 1. The molecule has 2 atom stereocenters. The molecule has 0 radical (unpaired) electrons. The highest BCUT2D eigenvalue weighted by molar-refractivity contribution is 7.92. The van der Waals surface area contributed by atoms with Gasteiger partial charge in [-0.05, 0) is 55.2 Å².